The number of rotatable bonds is 3. The Hall–Kier alpha value is -1.33. The minimum absolute atomic E-state index is 0.0305. The third kappa shape index (κ3) is 3.04. The number of nitrogens with one attached hydrogen (secondary N) is 1. The molecule has 5 nitrogen and oxygen atoms in total. The lowest BCUT2D eigenvalue weighted by molar-refractivity contribution is 0.602. The van der Waals surface area contributed by atoms with Crippen LogP contribution < -0.4 is 4.72 Å². The highest BCUT2D eigenvalue weighted by Crippen LogP contribution is 2.30. The van der Waals surface area contributed by atoms with E-state index in [-0.39, 0.29) is 19.4 Å². The molecule has 2 aromatic rings. The lowest BCUT2D eigenvalue weighted by Crippen LogP contribution is -2.13. The Bertz CT molecular complexity index is 810. The molecule has 0 saturated carbocycles. The number of anilines is 1. The first-order chi connectivity index (χ1) is 9.33. The molecule has 9 heteroatoms. The van der Waals surface area contributed by atoms with E-state index in [0.29, 0.717) is 11.3 Å². The summed E-state index contributed by atoms with van der Waals surface area (Å²) in [6.45, 7) is 1.55. The van der Waals surface area contributed by atoms with Crippen LogP contribution >= 0.6 is 34.5 Å². The molecule has 0 atom stereocenters. The van der Waals surface area contributed by atoms with Crippen molar-refractivity contribution in [3.05, 3.63) is 38.9 Å². The smallest absolute Gasteiger partial charge is 0.273 e. The van der Waals surface area contributed by atoms with Gasteiger partial charge in [-0.3, -0.25) is 4.72 Å². The molecule has 0 bridgehead atoms. The topological polar surface area (TPSA) is 82.8 Å². The van der Waals surface area contributed by atoms with Gasteiger partial charge in [-0.05, 0) is 25.1 Å². The van der Waals surface area contributed by atoms with Gasteiger partial charge >= 0.3 is 0 Å². The summed E-state index contributed by atoms with van der Waals surface area (Å²) in [4.78, 5) is 3.86. The maximum Gasteiger partial charge on any atom is 0.273 e. The van der Waals surface area contributed by atoms with Crippen LogP contribution in [0, 0.1) is 18.3 Å². The number of aryl methyl sites for hydroxylation is 1. The van der Waals surface area contributed by atoms with Crippen LogP contribution in [-0.4, -0.2) is 13.4 Å². The van der Waals surface area contributed by atoms with E-state index >= 15 is 0 Å². The first-order valence-corrected chi connectivity index (χ1v) is 8.24. The van der Waals surface area contributed by atoms with Gasteiger partial charge in [0.25, 0.3) is 10.0 Å². The molecule has 0 spiro atoms. The fourth-order valence-electron chi connectivity index (χ4n) is 1.46. The van der Waals surface area contributed by atoms with Gasteiger partial charge in [-0.1, -0.05) is 34.5 Å². The van der Waals surface area contributed by atoms with Gasteiger partial charge in [0, 0.05) is 0 Å². The molecular formula is C11H7Cl2N3O2S2. The number of nitrogens with zero attached hydrogens (tertiary/aromatic N) is 2. The van der Waals surface area contributed by atoms with E-state index in [1.807, 2.05) is 6.07 Å². The summed E-state index contributed by atoms with van der Waals surface area (Å²) in [5.41, 5.74) is 0.849. The maximum atomic E-state index is 12.2. The second-order valence-corrected chi connectivity index (χ2v) is 7.62. The third-order valence-corrected chi connectivity index (χ3v) is 5.86. The fourth-order valence-corrected chi connectivity index (χ4v) is 4.56. The standard InChI is InChI=1S/C11H7Cl2N3O2S2/c1-6-10(19-11(13)15-6)20(17,18)16-9-3-2-7(5-14)4-8(9)12/h2-4,16H,1H3. The first-order valence-electron chi connectivity index (χ1n) is 5.19. The van der Waals surface area contributed by atoms with Crippen molar-refractivity contribution >= 4 is 50.2 Å². The Morgan fingerprint density at radius 1 is 1.40 bits per heavy atom. The lowest BCUT2D eigenvalue weighted by Gasteiger charge is -2.08. The predicted molar refractivity (Wildman–Crippen MR) is 78.8 cm³/mol. The fraction of sp³-hybridized carbons (Fsp3) is 0.0909. The average molecular weight is 348 g/mol. The Morgan fingerprint density at radius 3 is 2.60 bits per heavy atom. The molecule has 0 unspecified atom stereocenters. The molecule has 0 aliphatic heterocycles. The summed E-state index contributed by atoms with van der Waals surface area (Å²) in [6.07, 6.45) is 0. The zero-order chi connectivity index (χ0) is 14.9. The van der Waals surface area contributed by atoms with E-state index in [1.165, 1.54) is 18.2 Å². The van der Waals surface area contributed by atoms with Gasteiger partial charge in [-0.2, -0.15) is 5.26 Å². The molecule has 20 heavy (non-hydrogen) atoms. The first kappa shape index (κ1) is 15.1. The van der Waals surface area contributed by atoms with E-state index < -0.39 is 10.0 Å². The lowest BCUT2D eigenvalue weighted by atomic mass is 10.2. The minimum Gasteiger partial charge on any atom is -0.277 e. The van der Waals surface area contributed by atoms with Gasteiger partial charge < -0.3 is 0 Å². The highest BCUT2D eigenvalue weighted by molar-refractivity contribution is 7.94. The Kier molecular flexibility index (Phi) is 4.20. The van der Waals surface area contributed by atoms with Crippen molar-refractivity contribution in [1.29, 1.82) is 5.26 Å². The van der Waals surface area contributed by atoms with Crippen molar-refractivity contribution < 1.29 is 8.42 Å². The quantitative estimate of drug-likeness (QED) is 0.921. The molecule has 0 aliphatic rings. The number of aromatic nitrogens is 1. The van der Waals surface area contributed by atoms with Crippen molar-refractivity contribution in [2.75, 3.05) is 4.72 Å². The summed E-state index contributed by atoms with van der Waals surface area (Å²) >= 11 is 12.5. The number of halogens is 2. The molecule has 0 amide bonds. The number of nitriles is 1. The normalized spacial score (nSPS) is 11.1. The molecule has 104 valence electrons. The average Bonchev–Trinajstić information content (AvgIpc) is 2.71. The van der Waals surface area contributed by atoms with Crippen molar-refractivity contribution in [2.24, 2.45) is 0 Å². The molecule has 1 heterocycles. The predicted octanol–water partition coefficient (Wildman–Crippen LogP) is 3.43. The molecule has 0 saturated heterocycles. The van der Waals surface area contributed by atoms with Gasteiger partial charge in [0.05, 0.1) is 28.0 Å². The molecule has 0 fully saturated rings. The van der Waals surface area contributed by atoms with Crippen LogP contribution in [-0.2, 0) is 10.0 Å². The minimum atomic E-state index is -3.81. The van der Waals surface area contributed by atoms with Crippen molar-refractivity contribution in [2.45, 2.75) is 11.1 Å². The SMILES string of the molecule is Cc1nc(Cl)sc1S(=O)(=O)Nc1ccc(C#N)cc1Cl. The van der Waals surface area contributed by atoms with E-state index in [9.17, 15) is 8.42 Å². The summed E-state index contributed by atoms with van der Waals surface area (Å²) < 4.78 is 27.0. The second kappa shape index (κ2) is 5.58. The Balaban J connectivity index is 2.39. The van der Waals surface area contributed by atoms with Crippen LogP contribution in [0.25, 0.3) is 0 Å². The second-order valence-electron chi connectivity index (χ2n) is 3.75. The third-order valence-electron chi connectivity index (χ3n) is 2.31. The van der Waals surface area contributed by atoms with Gasteiger partial charge in [0.2, 0.25) is 0 Å². The zero-order valence-corrected chi connectivity index (χ0v) is 13.2. The van der Waals surface area contributed by atoms with E-state index in [2.05, 4.69) is 9.71 Å². The van der Waals surface area contributed by atoms with Gasteiger partial charge in [0.15, 0.2) is 8.68 Å². The Labute approximate surface area is 129 Å². The van der Waals surface area contributed by atoms with Gasteiger partial charge in [-0.15, -0.1) is 0 Å². The van der Waals surface area contributed by atoms with Crippen molar-refractivity contribution in [1.82, 2.24) is 4.98 Å². The molecular weight excluding hydrogens is 341 g/mol. The van der Waals surface area contributed by atoms with Crippen molar-refractivity contribution in [3.63, 3.8) is 0 Å². The van der Waals surface area contributed by atoms with Gasteiger partial charge in [0.1, 0.15) is 0 Å². The number of sulfonamides is 1. The number of thiazole rings is 1. The van der Waals surface area contributed by atoms with Crippen LogP contribution in [0.3, 0.4) is 0 Å². The molecule has 2 rings (SSSR count). The number of benzene rings is 1. The summed E-state index contributed by atoms with van der Waals surface area (Å²) in [5, 5.41) is 8.87. The summed E-state index contributed by atoms with van der Waals surface area (Å²) in [7, 11) is -3.81. The van der Waals surface area contributed by atoms with Crippen LogP contribution in [0.5, 0.6) is 0 Å². The van der Waals surface area contributed by atoms with E-state index in [4.69, 9.17) is 28.5 Å². The Morgan fingerprint density at radius 2 is 2.10 bits per heavy atom. The highest BCUT2D eigenvalue weighted by Gasteiger charge is 2.22. The molecule has 1 aromatic carbocycles. The molecule has 1 N–H and O–H groups in total. The van der Waals surface area contributed by atoms with Crippen LogP contribution in [0.15, 0.2) is 22.4 Å². The number of hydrogen-bond donors (Lipinski definition) is 1. The van der Waals surface area contributed by atoms with Crippen molar-refractivity contribution in [3.8, 4) is 6.07 Å². The van der Waals surface area contributed by atoms with E-state index in [1.54, 1.807) is 6.92 Å². The molecule has 0 radical (unpaired) electrons. The summed E-state index contributed by atoms with van der Waals surface area (Å²) in [6, 6.07) is 6.19. The molecule has 1 aromatic heterocycles. The summed E-state index contributed by atoms with van der Waals surface area (Å²) in [5.74, 6) is 0. The maximum absolute atomic E-state index is 12.2. The highest BCUT2D eigenvalue weighted by atomic mass is 35.5. The monoisotopic (exact) mass is 347 g/mol. The van der Waals surface area contributed by atoms with Gasteiger partial charge in [-0.25, -0.2) is 13.4 Å². The number of hydrogen-bond acceptors (Lipinski definition) is 5. The largest absolute Gasteiger partial charge is 0.277 e. The van der Waals surface area contributed by atoms with E-state index in [0.717, 1.165) is 11.3 Å². The molecule has 0 aliphatic carbocycles. The zero-order valence-electron chi connectivity index (χ0n) is 10.0. The van der Waals surface area contributed by atoms with Crippen LogP contribution in [0.2, 0.25) is 9.49 Å². The van der Waals surface area contributed by atoms with Crippen LogP contribution in [0.1, 0.15) is 11.3 Å². The van der Waals surface area contributed by atoms with Crippen LogP contribution in [0.4, 0.5) is 5.69 Å².